The highest BCUT2D eigenvalue weighted by atomic mass is 32.2. The van der Waals surface area contributed by atoms with Crippen LogP contribution >= 0.6 is 0 Å². The lowest BCUT2D eigenvalue weighted by atomic mass is 10.1. The first-order valence-electron chi connectivity index (χ1n) is 6.98. The number of nitrogens with zero attached hydrogens (tertiary/aromatic N) is 1. The largest absolute Gasteiger partial charge is 0.491 e. The Hall–Kier alpha value is -1.11. The van der Waals surface area contributed by atoms with Crippen molar-refractivity contribution in [2.24, 2.45) is 0 Å². The summed E-state index contributed by atoms with van der Waals surface area (Å²) >= 11 is 0. The lowest BCUT2D eigenvalue weighted by Gasteiger charge is -2.32. The van der Waals surface area contributed by atoms with E-state index in [1.54, 1.807) is 24.3 Å². The van der Waals surface area contributed by atoms with E-state index >= 15 is 0 Å². The predicted molar refractivity (Wildman–Crippen MR) is 85.2 cm³/mol. The van der Waals surface area contributed by atoms with E-state index in [-0.39, 0.29) is 16.5 Å². The molecule has 0 unspecified atom stereocenters. The zero-order valence-electron chi connectivity index (χ0n) is 13.7. The molecule has 0 aliphatic heterocycles. The van der Waals surface area contributed by atoms with Crippen molar-refractivity contribution in [2.75, 3.05) is 20.6 Å². The zero-order chi connectivity index (χ0) is 16.3. The Bertz CT molecular complexity index is 549. The molecule has 0 saturated heterocycles. The first-order chi connectivity index (χ1) is 9.54. The van der Waals surface area contributed by atoms with Crippen LogP contribution in [0, 0.1) is 0 Å². The summed E-state index contributed by atoms with van der Waals surface area (Å²) in [6.07, 6.45) is 0.0615. The van der Waals surface area contributed by atoms with Crippen LogP contribution in [0.5, 0.6) is 5.75 Å². The molecule has 0 amide bonds. The summed E-state index contributed by atoms with van der Waals surface area (Å²) in [6, 6.07) is 6.46. The second kappa shape index (κ2) is 6.77. The Kier molecular flexibility index (Phi) is 5.78. The maximum absolute atomic E-state index is 12.3. The highest BCUT2D eigenvalue weighted by Crippen LogP contribution is 2.18. The summed E-state index contributed by atoms with van der Waals surface area (Å²) in [5.41, 5.74) is -0.256. The number of hydrogen-bond acceptors (Lipinski definition) is 4. The number of rotatable bonds is 7. The quantitative estimate of drug-likeness (QED) is 0.837. The highest BCUT2D eigenvalue weighted by Gasteiger charge is 2.24. The molecule has 0 radical (unpaired) electrons. The van der Waals surface area contributed by atoms with Gasteiger partial charge in [0.05, 0.1) is 11.0 Å². The van der Waals surface area contributed by atoms with Crippen molar-refractivity contribution in [3.63, 3.8) is 0 Å². The van der Waals surface area contributed by atoms with Gasteiger partial charge in [-0.3, -0.25) is 0 Å². The minimum atomic E-state index is -3.50. The molecular formula is C15H26N2O3S. The fourth-order valence-corrected chi connectivity index (χ4v) is 2.69. The van der Waals surface area contributed by atoms with Crippen LogP contribution in [0.25, 0.3) is 0 Å². The summed E-state index contributed by atoms with van der Waals surface area (Å²) < 4.78 is 32.7. The monoisotopic (exact) mass is 314 g/mol. The van der Waals surface area contributed by atoms with Crippen LogP contribution < -0.4 is 9.46 Å². The molecule has 0 bridgehead atoms. The molecule has 0 aliphatic rings. The normalized spacial score (nSPS) is 13.0. The smallest absolute Gasteiger partial charge is 0.240 e. The number of ether oxygens (including phenoxy) is 1. The van der Waals surface area contributed by atoms with E-state index in [1.807, 2.05) is 46.7 Å². The van der Waals surface area contributed by atoms with E-state index < -0.39 is 10.0 Å². The molecule has 1 aromatic carbocycles. The summed E-state index contributed by atoms with van der Waals surface area (Å²) in [5, 5.41) is 0. The molecule has 0 fully saturated rings. The van der Waals surface area contributed by atoms with Crippen molar-refractivity contribution in [2.45, 2.75) is 44.2 Å². The SMILES string of the molecule is CC(C)Oc1ccc(S(=O)(=O)NCC(C)(C)N(C)C)cc1. The second-order valence-corrected chi connectivity index (χ2v) is 7.94. The van der Waals surface area contributed by atoms with Crippen molar-refractivity contribution < 1.29 is 13.2 Å². The third-order valence-electron chi connectivity index (χ3n) is 3.41. The van der Waals surface area contributed by atoms with Gasteiger partial charge in [-0.1, -0.05) is 0 Å². The van der Waals surface area contributed by atoms with Crippen molar-refractivity contribution >= 4 is 10.0 Å². The summed E-state index contributed by atoms with van der Waals surface area (Å²) in [7, 11) is 0.341. The van der Waals surface area contributed by atoms with Gasteiger partial charge in [0.25, 0.3) is 0 Å². The molecule has 6 heteroatoms. The fourth-order valence-electron chi connectivity index (χ4n) is 1.48. The van der Waals surface area contributed by atoms with Crippen molar-refractivity contribution in [3.05, 3.63) is 24.3 Å². The molecule has 1 N–H and O–H groups in total. The van der Waals surface area contributed by atoms with Crippen LogP contribution in [0.15, 0.2) is 29.2 Å². The highest BCUT2D eigenvalue weighted by molar-refractivity contribution is 7.89. The second-order valence-electron chi connectivity index (χ2n) is 6.17. The Morgan fingerprint density at radius 1 is 1.19 bits per heavy atom. The van der Waals surface area contributed by atoms with E-state index in [4.69, 9.17) is 4.74 Å². The maximum atomic E-state index is 12.3. The third-order valence-corrected chi connectivity index (χ3v) is 4.83. The molecule has 1 rings (SSSR count). The van der Waals surface area contributed by atoms with Gasteiger partial charge in [0, 0.05) is 12.1 Å². The number of hydrogen-bond donors (Lipinski definition) is 1. The lowest BCUT2D eigenvalue weighted by molar-refractivity contribution is 0.199. The molecule has 0 aromatic heterocycles. The van der Waals surface area contributed by atoms with E-state index in [0.29, 0.717) is 12.3 Å². The summed E-state index contributed by atoms with van der Waals surface area (Å²) in [6.45, 7) is 8.15. The number of likely N-dealkylation sites (N-methyl/N-ethyl adjacent to an activating group) is 1. The average Bonchev–Trinajstić information content (AvgIpc) is 2.36. The van der Waals surface area contributed by atoms with Crippen molar-refractivity contribution in [3.8, 4) is 5.75 Å². The van der Waals surface area contributed by atoms with Gasteiger partial charge < -0.3 is 9.64 Å². The van der Waals surface area contributed by atoms with E-state index in [2.05, 4.69) is 4.72 Å². The van der Waals surface area contributed by atoms with E-state index in [9.17, 15) is 8.42 Å². The van der Waals surface area contributed by atoms with Gasteiger partial charge in [-0.15, -0.1) is 0 Å². The summed E-state index contributed by atoms with van der Waals surface area (Å²) in [5.74, 6) is 0.664. The topological polar surface area (TPSA) is 58.6 Å². The first kappa shape index (κ1) is 17.9. The van der Waals surface area contributed by atoms with Gasteiger partial charge in [0.1, 0.15) is 5.75 Å². The van der Waals surface area contributed by atoms with Crippen LogP contribution in [0.2, 0.25) is 0 Å². The van der Waals surface area contributed by atoms with Gasteiger partial charge in [-0.25, -0.2) is 13.1 Å². The van der Waals surface area contributed by atoms with Crippen LogP contribution in [-0.2, 0) is 10.0 Å². The van der Waals surface area contributed by atoms with Crippen LogP contribution in [0.4, 0.5) is 0 Å². The predicted octanol–water partition coefficient (Wildman–Crippen LogP) is 2.09. The molecule has 0 aliphatic carbocycles. The summed E-state index contributed by atoms with van der Waals surface area (Å²) in [4.78, 5) is 2.22. The Balaban J connectivity index is 2.79. The molecular weight excluding hydrogens is 288 g/mol. The van der Waals surface area contributed by atoms with E-state index in [0.717, 1.165) is 0 Å². The number of nitrogens with one attached hydrogen (secondary N) is 1. The zero-order valence-corrected chi connectivity index (χ0v) is 14.5. The molecule has 120 valence electrons. The standard InChI is InChI=1S/C15H26N2O3S/c1-12(2)20-13-7-9-14(10-8-13)21(18,19)16-11-15(3,4)17(5)6/h7-10,12,16H,11H2,1-6H3. The van der Waals surface area contributed by atoms with E-state index in [1.165, 1.54) is 0 Å². The average molecular weight is 314 g/mol. The van der Waals surface area contributed by atoms with Gasteiger partial charge in [0.15, 0.2) is 0 Å². The minimum Gasteiger partial charge on any atom is -0.491 e. The van der Waals surface area contributed by atoms with Crippen molar-refractivity contribution in [1.29, 1.82) is 0 Å². The van der Waals surface area contributed by atoms with Crippen LogP contribution in [0.1, 0.15) is 27.7 Å². The molecule has 5 nitrogen and oxygen atoms in total. The molecule has 1 aromatic rings. The Labute approximate surface area is 128 Å². The number of sulfonamides is 1. The van der Waals surface area contributed by atoms with Gasteiger partial charge in [-0.2, -0.15) is 0 Å². The minimum absolute atomic E-state index is 0.0615. The number of benzene rings is 1. The van der Waals surface area contributed by atoms with Gasteiger partial charge in [0.2, 0.25) is 10.0 Å². The van der Waals surface area contributed by atoms with Gasteiger partial charge in [-0.05, 0) is 66.1 Å². The molecule has 0 saturated carbocycles. The molecule has 0 heterocycles. The van der Waals surface area contributed by atoms with Crippen LogP contribution in [0.3, 0.4) is 0 Å². The third kappa shape index (κ3) is 5.30. The van der Waals surface area contributed by atoms with Crippen molar-refractivity contribution in [1.82, 2.24) is 9.62 Å². The first-order valence-corrected chi connectivity index (χ1v) is 8.47. The van der Waals surface area contributed by atoms with Gasteiger partial charge >= 0.3 is 0 Å². The lowest BCUT2D eigenvalue weighted by Crippen LogP contribution is -2.48. The fraction of sp³-hybridized carbons (Fsp3) is 0.600. The Morgan fingerprint density at radius 2 is 1.71 bits per heavy atom. The molecule has 21 heavy (non-hydrogen) atoms. The van der Waals surface area contributed by atoms with Crippen LogP contribution in [-0.4, -0.2) is 45.6 Å². The molecule has 0 spiro atoms. The Morgan fingerprint density at radius 3 is 2.14 bits per heavy atom. The molecule has 0 atom stereocenters. The maximum Gasteiger partial charge on any atom is 0.240 e.